The monoisotopic (exact) mass is 248 g/mol. The van der Waals surface area contributed by atoms with E-state index in [0.717, 1.165) is 25.9 Å². The fourth-order valence-corrected chi connectivity index (χ4v) is 2.18. The van der Waals surface area contributed by atoms with Gasteiger partial charge in [0.1, 0.15) is 0 Å². The number of benzene rings is 1. The molecule has 0 aliphatic heterocycles. The third-order valence-electron chi connectivity index (χ3n) is 3.41. The molecule has 1 atom stereocenters. The summed E-state index contributed by atoms with van der Waals surface area (Å²) in [6.07, 6.45) is 3.41. The molecule has 0 radical (unpaired) electrons. The molecule has 0 fully saturated rings. The van der Waals surface area contributed by atoms with Gasteiger partial charge >= 0.3 is 0 Å². The summed E-state index contributed by atoms with van der Waals surface area (Å²) >= 11 is 0. The Hall–Kier alpha value is -0.860. The van der Waals surface area contributed by atoms with Crippen molar-refractivity contribution in [3.8, 4) is 0 Å². The molecular formula is C16H28N2. The number of rotatable bonds is 8. The van der Waals surface area contributed by atoms with Gasteiger partial charge in [0.2, 0.25) is 0 Å². The van der Waals surface area contributed by atoms with Gasteiger partial charge in [-0.15, -0.1) is 0 Å². The molecule has 102 valence electrons. The fraction of sp³-hybridized carbons (Fsp3) is 0.625. The van der Waals surface area contributed by atoms with E-state index in [1.54, 1.807) is 0 Å². The largest absolute Gasteiger partial charge is 0.328 e. The Morgan fingerprint density at radius 3 is 2.33 bits per heavy atom. The maximum Gasteiger partial charge on any atom is 0.0236 e. The van der Waals surface area contributed by atoms with Crippen molar-refractivity contribution in [1.29, 1.82) is 0 Å². The van der Waals surface area contributed by atoms with Gasteiger partial charge in [0, 0.05) is 25.2 Å². The summed E-state index contributed by atoms with van der Waals surface area (Å²) in [7, 11) is 0. The van der Waals surface area contributed by atoms with Crippen LogP contribution in [-0.4, -0.2) is 23.5 Å². The van der Waals surface area contributed by atoms with Gasteiger partial charge in [-0.25, -0.2) is 0 Å². The molecule has 1 rings (SSSR count). The van der Waals surface area contributed by atoms with Crippen molar-refractivity contribution in [2.45, 2.75) is 58.7 Å². The van der Waals surface area contributed by atoms with Crippen LogP contribution in [0.25, 0.3) is 0 Å². The lowest BCUT2D eigenvalue weighted by Crippen LogP contribution is -2.34. The molecule has 1 unspecified atom stereocenters. The SMILES string of the molecule is CCCC(N)CCN(Cc1ccccc1)C(C)C. The third kappa shape index (κ3) is 5.65. The molecule has 0 aliphatic carbocycles. The summed E-state index contributed by atoms with van der Waals surface area (Å²) in [4.78, 5) is 2.50. The summed E-state index contributed by atoms with van der Waals surface area (Å²) in [5.74, 6) is 0. The third-order valence-corrected chi connectivity index (χ3v) is 3.41. The van der Waals surface area contributed by atoms with Crippen LogP contribution in [0.2, 0.25) is 0 Å². The molecule has 0 heterocycles. The van der Waals surface area contributed by atoms with Crippen LogP contribution in [0.3, 0.4) is 0 Å². The molecule has 1 aromatic rings. The van der Waals surface area contributed by atoms with Gasteiger partial charge < -0.3 is 5.73 Å². The molecule has 1 aromatic carbocycles. The summed E-state index contributed by atoms with van der Waals surface area (Å²) in [5, 5.41) is 0. The Morgan fingerprint density at radius 2 is 1.78 bits per heavy atom. The van der Waals surface area contributed by atoms with Gasteiger partial charge in [-0.1, -0.05) is 43.7 Å². The highest BCUT2D eigenvalue weighted by molar-refractivity contribution is 5.14. The Bertz CT molecular complexity index is 308. The van der Waals surface area contributed by atoms with Gasteiger partial charge in [0.15, 0.2) is 0 Å². The first-order valence-electron chi connectivity index (χ1n) is 7.17. The molecular weight excluding hydrogens is 220 g/mol. The zero-order valence-corrected chi connectivity index (χ0v) is 12.1. The van der Waals surface area contributed by atoms with Crippen molar-refractivity contribution < 1.29 is 0 Å². The van der Waals surface area contributed by atoms with Crippen LogP contribution in [0, 0.1) is 0 Å². The molecule has 0 bridgehead atoms. The first kappa shape index (κ1) is 15.2. The molecule has 2 N–H and O–H groups in total. The van der Waals surface area contributed by atoms with Crippen LogP contribution in [-0.2, 0) is 6.54 Å². The van der Waals surface area contributed by atoms with Crippen LogP contribution in [0.5, 0.6) is 0 Å². The molecule has 0 amide bonds. The molecule has 2 heteroatoms. The lowest BCUT2D eigenvalue weighted by Gasteiger charge is -2.27. The van der Waals surface area contributed by atoms with Crippen molar-refractivity contribution in [3.63, 3.8) is 0 Å². The molecule has 18 heavy (non-hydrogen) atoms. The summed E-state index contributed by atoms with van der Waals surface area (Å²) in [6, 6.07) is 11.6. The van der Waals surface area contributed by atoms with Crippen LogP contribution in [0.4, 0.5) is 0 Å². The number of nitrogens with two attached hydrogens (primary N) is 1. The summed E-state index contributed by atoms with van der Waals surface area (Å²) < 4.78 is 0. The maximum absolute atomic E-state index is 6.10. The van der Waals surface area contributed by atoms with E-state index in [1.165, 1.54) is 12.0 Å². The zero-order valence-electron chi connectivity index (χ0n) is 12.1. The van der Waals surface area contributed by atoms with Crippen LogP contribution in [0.15, 0.2) is 30.3 Å². The average Bonchev–Trinajstić information content (AvgIpc) is 2.35. The van der Waals surface area contributed by atoms with E-state index in [9.17, 15) is 0 Å². The molecule has 0 aliphatic rings. The Morgan fingerprint density at radius 1 is 1.11 bits per heavy atom. The normalized spacial score (nSPS) is 13.2. The standard InChI is InChI=1S/C16H28N2/c1-4-8-16(17)11-12-18(14(2)3)13-15-9-6-5-7-10-15/h5-7,9-10,14,16H,4,8,11-13,17H2,1-3H3. The molecule has 2 nitrogen and oxygen atoms in total. The zero-order chi connectivity index (χ0) is 13.4. The van der Waals surface area contributed by atoms with Gasteiger partial charge in [-0.2, -0.15) is 0 Å². The minimum atomic E-state index is 0.354. The van der Waals surface area contributed by atoms with Crippen molar-refractivity contribution in [3.05, 3.63) is 35.9 Å². The lowest BCUT2D eigenvalue weighted by atomic mass is 10.1. The van der Waals surface area contributed by atoms with Crippen LogP contribution in [0.1, 0.15) is 45.6 Å². The van der Waals surface area contributed by atoms with Crippen molar-refractivity contribution >= 4 is 0 Å². The topological polar surface area (TPSA) is 29.3 Å². The van der Waals surface area contributed by atoms with E-state index in [2.05, 4.69) is 56.0 Å². The van der Waals surface area contributed by atoms with E-state index in [0.29, 0.717) is 12.1 Å². The van der Waals surface area contributed by atoms with Gasteiger partial charge in [-0.3, -0.25) is 4.90 Å². The van der Waals surface area contributed by atoms with E-state index in [1.807, 2.05) is 0 Å². The van der Waals surface area contributed by atoms with Crippen molar-refractivity contribution in [2.75, 3.05) is 6.54 Å². The van der Waals surface area contributed by atoms with Gasteiger partial charge in [0.05, 0.1) is 0 Å². The maximum atomic E-state index is 6.10. The highest BCUT2D eigenvalue weighted by Gasteiger charge is 2.11. The van der Waals surface area contributed by atoms with E-state index in [-0.39, 0.29) is 0 Å². The highest BCUT2D eigenvalue weighted by atomic mass is 15.1. The number of nitrogens with zero attached hydrogens (tertiary/aromatic N) is 1. The van der Waals surface area contributed by atoms with Crippen LogP contribution < -0.4 is 5.73 Å². The Kier molecular flexibility index (Phi) is 6.99. The van der Waals surface area contributed by atoms with Crippen molar-refractivity contribution in [2.24, 2.45) is 5.73 Å². The molecule has 0 saturated carbocycles. The Balaban J connectivity index is 2.45. The fourth-order valence-electron chi connectivity index (χ4n) is 2.18. The number of hydrogen-bond acceptors (Lipinski definition) is 2. The summed E-state index contributed by atoms with van der Waals surface area (Å²) in [6.45, 7) is 8.83. The summed E-state index contributed by atoms with van der Waals surface area (Å²) in [5.41, 5.74) is 7.48. The smallest absolute Gasteiger partial charge is 0.0236 e. The van der Waals surface area contributed by atoms with Gasteiger partial charge in [-0.05, 0) is 32.3 Å². The second kappa shape index (κ2) is 8.28. The second-order valence-corrected chi connectivity index (χ2v) is 5.39. The average molecular weight is 248 g/mol. The second-order valence-electron chi connectivity index (χ2n) is 5.39. The van der Waals surface area contributed by atoms with E-state index >= 15 is 0 Å². The predicted octanol–water partition coefficient (Wildman–Crippen LogP) is 3.41. The quantitative estimate of drug-likeness (QED) is 0.764. The van der Waals surface area contributed by atoms with Crippen molar-refractivity contribution in [1.82, 2.24) is 4.90 Å². The highest BCUT2D eigenvalue weighted by Crippen LogP contribution is 2.10. The van der Waals surface area contributed by atoms with E-state index < -0.39 is 0 Å². The molecule has 0 aromatic heterocycles. The van der Waals surface area contributed by atoms with Crippen LogP contribution >= 0.6 is 0 Å². The lowest BCUT2D eigenvalue weighted by molar-refractivity contribution is 0.204. The minimum Gasteiger partial charge on any atom is -0.328 e. The Labute approximate surface area is 112 Å². The minimum absolute atomic E-state index is 0.354. The molecule has 0 saturated heterocycles. The number of hydrogen-bond donors (Lipinski definition) is 1. The molecule has 0 spiro atoms. The first-order chi connectivity index (χ1) is 8.63. The first-order valence-corrected chi connectivity index (χ1v) is 7.17. The van der Waals surface area contributed by atoms with Gasteiger partial charge in [0.25, 0.3) is 0 Å². The van der Waals surface area contributed by atoms with E-state index in [4.69, 9.17) is 5.73 Å². The predicted molar refractivity (Wildman–Crippen MR) is 79.5 cm³/mol.